The van der Waals surface area contributed by atoms with E-state index < -0.39 is 0 Å². The van der Waals surface area contributed by atoms with Crippen molar-refractivity contribution < 1.29 is 0 Å². The number of halogens is 1. The number of fused-ring (bicyclic) bond motifs is 1. The Hall–Kier alpha value is -1.13. The molecule has 1 heterocycles. The molecule has 21 heavy (non-hydrogen) atoms. The van der Waals surface area contributed by atoms with E-state index in [1.165, 1.54) is 10.9 Å². The molecule has 4 heteroatoms. The second kappa shape index (κ2) is 7.23. The van der Waals surface area contributed by atoms with E-state index >= 15 is 0 Å². The molecule has 1 aromatic heterocycles. The topological polar surface area (TPSA) is 19.4 Å². The van der Waals surface area contributed by atoms with Gasteiger partial charge in [0.2, 0.25) is 0 Å². The van der Waals surface area contributed by atoms with Crippen LogP contribution in [0.15, 0.2) is 30.3 Å². The zero-order valence-corrected chi connectivity index (χ0v) is 14.9. The molecule has 0 amide bonds. The molecule has 0 saturated carbocycles. The fourth-order valence-electron chi connectivity index (χ4n) is 2.79. The molecule has 2 aromatic rings. The van der Waals surface area contributed by atoms with Gasteiger partial charge in [0.15, 0.2) is 0 Å². The van der Waals surface area contributed by atoms with Crippen molar-refractivity contribution in [1.29, 1.82) is 0 Å². The van der Waals surface area contributed by atoms with E-state index in [2.05, 4.69) is 77.9 Å². The standard InChI is InChI=1S/C17H24BrN3/c1-5-21(13(2)12-20(3)4)17-15(11-18)10-14-8-6-7-9-16(14)19-17/h6-10,13H,5,11-12H2,1-4H3. The molecule has 1 aromatic carbocycles. The first-order valence-corrected chi connectivity index (χ1v) is 8.55. The van der Waals surface area contributed by atoms with Crippen LogP contribution in [0.1, 0.15) is 19.4 Å². The van der Waals surface area contributed by atoms with Crippen molar-refractivity contribution in [1.82, 2.24) is 9.88 Å². The summed E-state index contributed by atoms with van der Waals surface area (Å²) in [4.78, 5) is 9.54. The van der Waals surface area contributed by atoms with E-state index in [4.69, 9.17) is 4.98 Å². The lowest BCUT2D eigenvalue weighted by Gasteiger charge is -2.32. The SMILES string of the molecule is CCN(c1nc2ccccc2cc1CBr)C(C)CN(C)C. The normalized spacial score (nSPS) is 12.9. The highest BCUT2D eigenvalue weighted by Crippen LogP contribution is 2.26. The van der Waals surface area contributed by atoms with Crippen LogP contribution in [0.3, 0.4) is 0 Å². The monoisotopic (exact) mass is 349 g/mol. The number of benzene rings is 1. The third-order valence-electron chi connectivity index (χ3n) is 3.70. The molecule has 0 saturated heterocycles. The van der Waals surface area contributed by atoms with E-state index in [-0.39, 0.29) is 0 Å². The molecule has 0 aliphatic rings. The predicted octanol–water partition coefficient (Wildman–Crippen LogP) is 3.91. The number of hydrogen-bond acceptors (Lipinski definition) is 3. The molecule has 3 nitrogen and oxygen atoms in total. The van der Waals surface area contributed by atoms with Crippen LogP contribution in [-0.4, -0.2) is 43.1 Å². The predicted molar refractivity (Wildman–Crippen MR) is 95.4 cm³/mol. The Morgan fingerprint density at radius 3 is 2.57 bits per heavy atom. The van der Waals surface area contributed by atoms with Crippen molar-refractivity contribution in [3.8, 4) is 0 Å². The maximum Gasteiger partial charge on any atom is 0.133 e. The number of pyridine rings is 1. The van der Waals surface area contributed by atoms with Gasteiger partial charge >= 0.3 is 0 Å². The van der Waals surface area contributed by atoms with Gasteiger partial charge in [0, 0.05) is 35.4 Å². The third-order valence-corrected chi connectivity index (χ3v) is 4.30. The fourth-order valence-corrected chi connectivity index (χ4v) is 3.21. The van der Waals surface area contributed by atoms with Crippen molar-refractivity contribution >= 4 is 32.7 Å². The van der Waals surface area contributed by atoms with Crippen LogP contribution in [0.4, 0.5) is 5.82 Å². The average Bonchev–Trinajstić information content (AvgIpc) is 2.46. The Kier molecular flexibility index (Phi) is 5.59. The van der Waals surface area contributed by atoms with Crippen molar-refractivity contribution in [2.45, 2.75) is 25.2 Å². The van der Waals surface area contributed by atoms with Crippen LogP contribution < -0.4 is 4.90 Å². The summed E-state index contributed by atoms with van der Waals surface area (Å²) in [7, 11) is 4.23. The number of anilines is 1. The Morgan fingerprint density at radius 1 is 1.24 bits per heavy atom. The van der Waals surface area contributed by atoms with Gasteiger partial charge in [0.25, 0.3) is 0 Å². The Morgan fingerprint density at radius 2 is 1.95 bits per heavy atom. The van der Waals surface area contributed by atoms with Crippen LogP contribution >= 0.6 is 15.9 Å². The number of aromatic nitrogens is 1. The van der Waals surface area contributed by atoms with Gasteiger partial charge in [-0.25, -0.2) is 4.98 Å². The summed E-state index contributed by atoms with van der Waals surface area (Å²) >= 11 is 3.61. The summed E-state index contributed by atoms with van der Waals surface area (Å²) in [6.45, 7) is 6.43. The molecule has 2 rings (SSSR count). The first-order valence-electron chi connectivity index (χ1n) is 7.42. The lowest BCUT2D eigenvalue weighted by atomic mass is 10.1. The Labute approximate surface area is 136 Å². The summed E-state index contributed by atoms with van der Waals surface area (Å²) in [5.41, 5.74) is 2.31. The van der Waals surface area contributed by atoms with Crippen molar-refractivity contribution in [2.75, 3.05) is 32.1 Å². The maximum atomic E-state index is 4.92. The highest BCUT2D eigenvalue weighted by Gasteiger charge is 2.18. The second-order valence-electron chi connectivity index (χ2n) is 5.69. The largest absolute Gasteiger partial charge is 0.353 e. The van der Waals surface area contributed by atoms with Gasteiger partial charge in [-0.1, -0.05) is 34.1 Å². The minimum atomic E-state index is 0.427. The van der Waals surface area contributed by atoms with E-state index in [0.717, 1.165) is 29.8 Å². The molecule has 114 valence electrons. The molecule has 0 N–H and O–H groups in total. The van der Waals surface area contributed by atoms with E-state index in [0.29, 0.717) is 6.04 Å². The summed E-state index contributed by atoms with van der Waals surface area (Å²) in [5, 5.41) is 2.03. The molecule has 1 unspecified atom stereocenters. The van der Waals surface area contributed by atoms with Gasteiger partial charge in [-0.2, -0.15) is 0 Å². The number of likely N-dealkylation sites (N-methyl/N-ethyl adjacent to an activating group) is 2. The van der Waals surface area contributed by atoms with Gasteiger partial charge in [-0.05, 0) is 40.1 Å². The second-order valence-corrected chi connectivity index (χ2v) is 6.26. The molecule has 0 aliphatic heterocycles. The highest BCUT2D eigenvalue weighted by atomic mass is 79.9. The maximum absolute atomic E-state index is 4.92. The van der Waals surface area contributed by atoms with Crippen LogP contribution in [-0.2, 0) is 5.33 Å². The molecule has 1 atom stereocenters. The fraction of sp³-hybridized carbons (Fsp3) is 0.471. The first kappa shape index (κ1) is 16.2. The molecule has 0 aliphatic carbocycles. The summed E-state index contributed by atoms with van der Waals surface area (Å²) in [5.74, 6) is 1.10. The van der Waals surface area contributed by atoms with Crippen LogP contribution in [0.5, 0.6) is 0 Å². The van der Waals surface area contributed by atoms with Crippen LogP contribution in [0, 0.1) is 0 Å². The van der Waals surface area contributed by atoms with Gasteiger partial charge in [-0.15, -0.1) is 0 Å². The molecule has 0 bridgehead atoms. The number of hydrogen-bond donors (Lipinski definition) is 0. The quantitative estimate of drug-likeness (QED) is 0.737. The number of alkyl halides is 1. The van der Waals surface area contributed by atoms with Crippen LogP contribution in [0.2, 0.25) is 0 Å². The summed E-state index contributed by atoms with van der Waals surface area (Å²) in [6.07, 6.45) is 0. The Balaban J connectivity index is 2.46. The molecule has 0 fully saturated rings. The zero-order valence-electron chi connectivity index (χ0n) is 13.3. The van der Waals surface area contributed by atoms with E-state index in [1.54, 1.807) is 0 Å². The van der Waals surface area contributed by atoms with Crippen molar-refractivity contribution in [3.05, 3.63) is 35.9 Å². The number of para-hydroxylation sites is 1. The van der Waals surface area contributed by atoms with E-state index in [1.807, 2.05) is 6.07 Å². The van der Waals surface area contributed by atoms with Gasteiger partial charge in [-0.3, -0.25) is 0 Å². The number of rotatable bonds is 6. The summed E-state index contributed by atoms with van der Waals surface area (Å²) in [6, 6.07) is 11.0. The molecular weight excluding hydrogens is 326 g/mol. The molecule has 0 spiro atoms. The van der Waals surface area contributed by atoms with Crippen molar-refractivity contribution in [2.24, 2.45) is 0 Å². The van der Waals surface area contributed by atoms with Crippen LogP contribution in [0.25, 0.3) is 10.9 Å². The highest BCUT2D eigenvalue weighted by molar-refractivity contribution is 9.08. The molecular formula is C17H24BrN3. The third kappa shape index (κ3) is 3.74. The Bertz CT molecular complexity index is 598. The minimum Gasteiger partial charge on any atom is -0.353 e. The lowest BCUT2D eigenvalue weighted by Crippen LogP contribution is -2.41. The zero-order chi connectivity index (χ0) is 15.4. The average molecular weight is 350 g/mol. The number of nitrogens with zero attached hydrogens (tertiary/aromatic N) is 3. The first-order chi connectivity index (χ1) is 10.1. The molecule has 0 radical (unpaired) electrons. The van der Waals surface area contributed by atoms with Gasteiger partial charge in [0.1, 0.15) is 5.82 Å². The minimum absolute atomic E-state index is 0.427. The van der Waals surface area contributed by atoms with Gasteiger partial charge < -0.3 is 9.80 Å². The van der Waals surface area contributed by atoms with E-state index in [9.17, 15) is 0 Å². The van der Waals surface area contributed by atoms with Gasteiger partial charge in [0.05, 0.1) is 5.52 Å². The smallest absolute Gasteiger partial charge is 0.133 e. The lowest BCUT2D eigenvalue weighted by molar-refractivity contribution is 0.372. The van der Waals surface area contributed by atoms with Crippen molar-refractivity contribution in [3.63, 3.8) is 0 Å². The summed E-state index contributed by atoms with van der Waals surface area (Å²) < 4.78 is 0.